The monoisotopic (exact) mass is 561 g/mol. The van der Waals surface area contributed by atoms with E-state index in [2.05, 4.69) is 20.9 Å². The minimum absolute atomic E-state index is 0.0129. The number of aliphatic hydroxyl groups is 1. The molecule has 0 atom stereocenters. The van der Waals surface area contributed by atoms with Crippen molar-refractivity contribution in [1.82, 2.24) is 14.5 Å². The van der Waals surface area contributed by atoms with Crippen LogP contribution in [0.2, 0.25) is 0 Å². The lowest BCUT2D eigenvalue weighted by atomic mass is 9.93. The molecule has 1 N–H and O–H groups in total. The van der Waals surface area contributed by atoms with Crippen molar-refractivity contribution < 1.29 is 23.4 Å². The van der Waals surface area contributed by atoms with E-state index in [0.29, 0.717) is 37.3 Å². The van der Waals surface area contributed by atoms with Crippen LogP contribution >= 0.6 is 15.9 Å². The van der Waals surface area contributed by atoms with Gasteiger partial charge in [0.15, 0.2) is 0 Å². The largest absolute Gasteiger partial charge is 0.472 e. The molecule has 0 bridgehead atoms. The van der Waals surface area contributed by atoms with E-state index in [9.17, 15) is 23.5 Å². The number of aromatic nitrogens is 2. The zero-order valence-electron chi connectivity index (χ0n) is 19.9. The highest BCUT2D eigenvalue weighted by Crippen LogP contribution is 2.23. The molecule has 10 heteroatoms. The Morgan fingerprint density at radius 1 is 1.17 bits per heavy atom. The third-order valence-electron chi connectivity index (χ3n) is 6.32. The number of likely N-dealkylation sites (tertiary alicyclic amines) is 1. The number of hydrogen-bond donors (Lipinski definition) is 1. The summed E-state index contributed by atoms with van der Waals surface area (Å²) in [5, 5.41) is 10.1. The number of hydrogen-bond acceptors (Lipinski definition) is 5. The number of benzene rings is 2. The molecular formula is C26H26BrF2N3O4. The van der Waals surface area contributed by atoms with Crippen LogP contribution in [0.1, 0.15) is 47.1 Å². The van der Waals surface area contributed by atoms with Crippen molar-refractivity contribution in [3.05, 3.63) is 91.4 Å². The van der Waals surface area contributed by atoms with Gasteiger partial charge in [0.1, 0.15) is 28.5 Å². The van der Waals surface area contributed by atoms with Crippen molar-refractivity contribution >= 4 is 21.8 Å². The fraction of sp³-hybridized carbons (Fsp3) is 0.346. The second kappa shape index (κ2) is 10.5. The molecule has 36 heavy (non-hydrogen) atoms. The number of carbonyl (C=O) groups is 1. The number of aryl methyl sites for hydroxylation is 1. The molecule has 0 saturated carbocycles. The van der Waals surface area contributed by atoms with E-state index in [-0.39, 0.29) is 40.5 Å². The van der Waals surface area contributed by atoms with Crippen molar-refractivity contribution in [3.8, 4) is 5.88 Å². The normalized spacial score (nSPS) is 15.1. The van der Waals surface area contributed by atoms with E-state index >= 15 is 0 Å². The lowest BCUT2D eigenvalue weighted by molar-refractivity contribution is -0.00202. The Bertz CT molecular complexity index is 1330. The molecule has 1 fully saturated rings. The molecule has 0 spiro atoms. The average molecular weight is 562 g/mol. The summed E-state index contributed by atoms with van der Waals surface area (Å²) in [5.41, 5.74) is 0.370. The zero-order chi connectivity index (χ0) is 26.0. The van der Waals surface area contributed by atoms with Crippen LogP contribution in [-0.2, 0) is 13.2 Å². The molecule has 1 aliphatic rings. The van der Waals surface area contributed by atoms with Crippen LogP contribution in [0.3, 0.4) is 0 Å². The molecule has 0 radical (unpaired) electrons. The predicted molar refractivity (Wildman–Crippen MR) is 133 cm³/mol. The maximum absolute atomic E-state index is 13.9. The quantitative estimate of drug-likeness (QED) is 0.487. The highest BCUT2D eigenvalue weighted by molar-refractivity contribution is 9.10. The summed E-state index contributed by atoms with van der Waals surface area (Å²) >= 11 is 3.22. The van der Waals surface area contributed by atoms with E-state index < -0.39 is 17.2 Å². The van der Waals surface area contributed by atoms with E-state index in [4.69, 9.17) is 4.74 Å². The number of amides is 1. The van der Waals surface area contributed by atoms with Gasteiger partial charge >= 0.3 is 0 Å². The average Bonchev–Trinajstić information content (AvgIpc) is 2.84. The van der Waals surface area contributed by atoms with Crippen molar-refractivity contribution in [2.24, 2.45) is 0 Å². The maximum atomic E-state index is 13.9. The summed E-state index contributed by atoms with van der Waals surface area (Å²) in [6.45, 7) is 4.45. The topological polar surface area (TPSA) is 84.7 Å². The summed E-state index contributed by atoms with van der Waals surface area (Å²) < 4.78 is 34.1. The first-order valence-electron chi connectivity index (χ1n) is 11.5. The van der Waals surface area contributed by atoms with Gasteiger partial charge in [0.05, 0.1) is 12.1 Å². The second-order valence-electron chi connectivity index (χ2n) is 9.18. The van der Waals surface area contributed by atoms with Crippen molar-refractivity contribution in [1.29, 1.82) is 0 Å². The van der Waals surface area contributed by atoms with Gasteiger partial charge in [-0.2, -0.15) is 4.98 Å². The van der Waals surface area contributed by atoms with Gasteiger partial charge in [-0.3, -0.25) is 14.2 Å². The Morgan fingerprint density at radius 3 is 2.47 bits per heavy atom. The van der Waals surface area contributed by atoms with Gasteiger partial charge in [-0.15, -0.1) is 0 Å². The predicted octanol–water partition coefficient (Wildman–Crippen LogP) is 4.21. The number of ether oxygens (including phenoxy) is 1. The van der Waals surface area contributed by atoms with Crippen molar-refractivity contribution in [2.45, 2.75) is 45.4 Å². The van der Waals surface area contributed by atoms with Gasteiger partial charge in [-0.25, -0.2) is 8.78 Å². The number of piperidine rings is 1. The minimum Gasteiger partial charge on any atom is -0.472 e. The van der Waals surface area contributed by atoms with Crippen LogP contribution in [0.4, 0.5) is 8.78 Å². The Labute approximate surface area is 215 Å². The van der Waals surface area contributed by atoms with Crippen molar-refractivity contribution in [3.63, 3.8) is 0 Å². The summed E-state index contributed by atoms with van der Waals surface area (Å²) in [6, 6.07) is 10.2. The molecule has 0 unspecified atom stereocenters. The summed E-state index contributed by atoms with van der Waals surface area (Å²) in [7, 11) is 0. The highest BCUT2D eigenvalue weighted by atomic mass is 79.9. The first-order valence-corrected chi connectivity index (χ1v) is 12.3. The van der Waals surface area contributed by atoms with Crippen LogP contribution in [0.25, 0.3) is 0 Å². The van der Waals surface area contributed by atoms with Gasteiger partial charge in [0.2, 0.25) is 5.88 Å². The third-order valence-corrected chi connectivity index (χ3v) is 7.00. The van der Waals surface area contributed by atoms with E-state index in [1.807, 2.05) is 0 Å². The van der Waals surface area contributed by atoms with Crippen LogP contribution < -0.4 is 10.3 Å². The van der Waals surface area contributed by atoms with Gasteiger partial charge in [-0.1, -0.05) is 12.1 Å². The third kappa shape index (κ3) is 5.82. The maximum Gasteiger partial charge on any atom is 0.272 e. The first kappa shape index (κ1) is 26.0. The number of nitrogens with zero attached hydrogens (tertiary/aromatic N) is 3. The van der Waals surface area contributed by atoms with Crippen LogP contribution in [0, 0.1) is 18.6 Å². The molecule has 1 saturated heterocycles. The Morgan fingerprint density at radius 2 is 1.83 bits per heavy atom. The highest BCUT2D eigenvalue weighted by Gasteiger charge is 2.30. The number of halogens is 3. The van der Waals surface area contributed by atoms with Crippen LogP contribution in [0.5, 0.6) is 5.88 Å². The Kier molecular flexibility index (Phi) is 7.56. The second-order valence-corrected chi connectivity index (χ2v) is 9.97. The zero-order valence-corrected chi connectivity index (χ0v) is 21.5. The molecule has 190 valence electrons. The molecule has 2 aromatic carbocycles. The summed E-state index contributed by atoms with van der Waals surface area (Å²) in [5.74, 6) is -1.12. The van der Waals surface area contributed by atoms with E-state index in [1.54, 1.807) is 43.0 Å². The Balaban J connectivity index is 1.45. The molecule has 1 aliphatic heterocycles. The smallest absolute Gasteiger partial charge is 0.272 e. The molecule has 3 aromatic rings. The number of rotatable bonds is 6. The molecular weight excluding hydrogens is 536 g/mol. The fourth-order valence-electron chi connectivity index (χ4n) is 3.99. The van der Waals surface area contributed by atoms with Crippen molar-refractivity contribution in [2.75, 3.05) is 13.1 Å². The first-order chi connectivity index (χ1) is 17.0. The summed E-state index contributed by atoms with van der Waals surface area (Å²) in [4.78, 5) is 31.8. The lowest BCUT2D eigenvalue weighted by Crippen LogP contribution is -2.45. The fourth-order valence-corrected chi connectivity index (χ4v) is 4.41. The molecule has 4 rings (SSSR count). The molecule has 2 heterocycles. The SMILES string of the molecule is Cc1nc(OCc2ccc(F)cc2F)c(Br)c(=O)n1Cc1ccc(C(=O)N2CCC(C)(O)CC2)cc1. The molecule has 7 nitrogen and oxygen atoms in total. The molecule has 1 amide bonds. The Hall–Kier alpha value is -3.11. The standard InChI is InChI=1S/C26H26BrF2N3O4/c1-16-30-23(36-15-19-7-8-20(28)13-21(19)29)22(27)25(34)32(16)14-17-3-5-18(6-4-17)24(33)31-11-9-26(2,35)10-12-31/h3-8,13,35H,9-12,14-15H2,1-2H3. The molecule has 1 aromatic heterocycles. The van der Waals surface area contributed by atoms with E-state index in [0.717, 1.165) is 17.7 Å². The van der Waals surface area contributed by atoms with Crippen LogP contribution in [0.15, 0.2) is 51.7 Å². The lowest BCUT2D eigenvalue weighted by Gasteiger charge is -2.35. The van der Waals surface area contributed by atoms with Gasteiger partial charge < -0.3 is 14.7 Å². The molecule has 0 aliphatic carbocycles. The van der Waals surface area contributed by atoms with Crippen LogP contribution in [-0.4, -0.2) is 44.2 Å². The minimum atomic E-state index is -0.745. The van der Waals surface area contributed by atoms with E-state index in [1.165, 1.54) is 10.6 Å². The summed E-state index contributed by atoms with van der Waals surface area (Å²) in [6.07, 6.45) is 1.08. The number of carbonyl (C=O) groups excluding carboxylic acids is 1. The van der Waals surface area contributed by atoms with Gasteiger partial charge in [0.25, 0.3) is 11.5 Å². The van der Waals surface area contributed by atoms with Gasteiger partial charge in [-0.05, 0) is 72.4 Å². The van der Waals surface area contributed by atoms with Gasteiger partial charge in [0, 0.05) is 30.3 Å².